The topological polar surface area (TPSA) is 295 Å². The molecule has 12 aromatic rings. The monoisotopic (exact) mass is 2320 g/mol. The Balaban J connectivity index is 0.000000218. The minimum atomic E-state index is -4.75. The van der Waals surface area contributed by atoms with Crippen molar-refractivity contribution >= 4 is 177 Å². The smallest absolute Gasteiger partial charge is 0.497 e. The molecule has 696 valence electrons. The van der Waals surface area contributed by atoms with Gasteiger partial charge in [-0.1, -0.05) is 141 Å². The summed E-state index contributed by atoms with van der Waals surface area (Å²) in [7, 11) is 3.18. The Morgan fingerprint density at radius 2 is 0.621 bits per heavy atom. The number of methoxy groups -OCH3 is 2. The van der Waals surface area contributed by atoms with Crippen LogP contribution in [0.4, 0.5) is 48.3 Å². The first-order valence-corrected chi connectivity index (χ1v) is 44.4. The summed E-state index contributed by atoms with van der Waals surface area (Å²) >= 11 is 39.8. The zero-order valence-electron chi connectivity index (χ0n) is 69.5. The highest BCUT2D eigenvalue weighted by atomic mass is 127. The van der Waals surface area contributed by atoms with Crippen molar-refractivity contribution in [2.75, 3.05) is 40.8 Å². The average Bonchev–Trinajstić information content (AvgIpc) is 0.856. The number of nitrogens with two attached hydrogens (primary N) is 6. The summed E-state index contributed by atoms with van der Waals surface area (Å²) in [4.78, 5) is 25.7. The number of hydrogen-bond acceptors (Lipinski definition) is 13. The maximum Gasteiger partial charge on any atom is 0.573 e. The third-order valence-electron chi connectivity index (χ3n) is 16.9. The van der Waals surface area contributed by atoms with Crippen molar-refractivity contribution in [1.29, 1.82) is 0 Å². The van der Waals surface area contributed by atoms with Crippen LogP contribution in [0.25, 0.3) is 0 Å². The zero-order valence-corrected chi connectivity index (χ0v) is 81.4. The molecule has 19 nitrogen and oxygen atoms in total. The molecule has 12 N–H and O–H groups in total. The van der Waals surface area contributed by atoms with E-state index in [0.29, 0.717) is 102 Å². The third-order valence-corrected chi connectivity index (χ3v) is 20.7. The fraction of sp³-hybridized carbons (Fsp3) is 0.161. The molecule has 0 radical (unpaired) electrons. The molecule has 0 bridgehead atoms. The minimum Gasteiger partial charge on any atom is -0.497 e. The SMILES string of the molecule is COc1cc(Cl)cc(CN=C(N)c2ccc(OC(F)(F)F)cc2)c1.COc1ccccc1CN=C(N)c1ccc(I)cc1.NC(=NCc1cc(Br)ccc1OCCF)c1ccc(OC(F)(F)F)cc1.NC(=NCc1cc(Cl)cc(Cl)c1)c1ccc(I)cc1.NC(=NCc1cc(Cl)cc(OCCF)c1)c1ccc(OC(F)(F)F)cc1.NC(=NCc1cccc(Cl)c1)c1ccc(I)cc1. The molecule has 0 saturated heterocycles. The number of hydrogen-bond donors (Lipinski definition) is 6. The van der Waals surface area contributed by atoms with Crippen molar-refractivity contribution in [2.24, 2.45) is 64.4 Å². The first kappa shape index (κ1) is 108. The molecule has 0 aromatic heterocycles. The number of benzene rings is 12. The van der Waals surface area contributed by atoms with Crippen LogP contribution in [-0.4, -0.2) is 94.9 Å². The Morgan fingerprint density at radius 3 is 0.985 bits per heavy atom. The number of ether oxygens (including phenoxy) is 7. The lowest BCUT2D eigenvalue weighted by Crippen LogP contribution is -2.17. The molecule has 0 amide bonds. The van der Waals surface area contributed by atoms with Gasteiger partial charge in [-0.25, -0.2) is 8.78 Å². The van der Waals surface area contributed by atoms with E-state index in [9.17, 15) is 48.3 Å². The Kier molecular flexibility index (Phi) is 45.3. The molecule has 0 heterocycles. The van der Waals surface area contributed by atoms with Gasteiger partial charge in [0, 0.05) is 84.8 Å². The molecule has 39 heteroatoms. The van der Waals surface area contributed by atoms with Gasteiger partial charge in [-0.15, -0.1) is 39.5 Å². The molecule has 0 aliphatic heterocycles. The van der Waals surface area contributed by atoms with E-state index in [2.05, 4.69) is 128 Å². The van der Waals surface area contributed by atoms with Crippen molar-refractivity contribution in [3.8, 4) is 40.2 Å². The Bertz CT molecular complexity index is 5850. The second-order valence-corrected chi connectivity index (χ2v) is 33.6. The number of rotatable bonds is 29. The predicted molar refractivity (Wildman–Crippen MR) is 531 cm³/mol. The summed E-state index contributed by atoms with van der Waals surface area (Å²) in [5.41, 5.74) is 44.8. The van der Waals surface area contributed by atoms with Gasteiger partial charge in [0.1, 0.15) is 102 Å². The summed E-state index contributed by atoms with van der Waals surface area (Å²) in [6.07, 6.45) is -14.2. The van der Waals surface area contributed by atoms with Crippen LogP contribution < -0.4 is 67.6 Å². The van der Waals surface area contributed by atoms with Crippen molar-refractivity contribution in [2.45, 2.75) is 58.4 Å². The maximum atomic E-state index is 12.3. The number of alkyl halides is 11. The second kappa shape index (κ2) is 55.2. The van der Waals surface area contributed by atoms with E-state index in [0.717, 1.165) is 82.0 Å². The van der Waals surface area contributed by atoms with Gasteiger partial charge in [0.25, 0.3) is 0 Å². The van der Waals surface area contributed by atoms with E-state index in [1.54, 1.807) is 67.8 Å². The number of para-hydroxylation sites is 1. The lowest BCUT2D eigenvalue weighted by Gasteiger charge is -2.10. The molecule has 12 rings (SSSR count). The van der Waals surface area contributed by atoms with Gasteiger partial charge < -0.3 is 67.6 Å². The van der Waals surface area contributed by atoms with Crippen LogP contribution in [0.3, 0.4) is 0 Å². The van der Waals surface area contributed by atoms with E-state index in [4.69, 9.17) is 111 Å². The van der Waals surface area contributed by atoms with E-state index >= 15 is 0 Å². The van der Waals surface area contributed by atoms with Crippen molar-refractivity contribution in [3.63, 3.8) is 0 Å². The van der Waals surface area contributed by atoms with Gasteiger partial charge in [-0.05, 0) is 290 Å². The maximum absolute atomic E-state index is 12.3. The quantitative estimate of drug-likeness (QED) is 0.0110. The van der Waals surface area contributed by atoms with E-state index < -0.39 is 32.4 Å². The number of amidine groups is 6. The van der Waals surface area contributed by atoms with Gasteiger partial charge in [-0.3, -0.25) is 30.0 Å². The molecule has 12 aromatic carbocycles. The summed E-state index contributed by atoms with van der Waals surface area (Å²) in [6.45, 7) is 0.690. The molecule has 132 heavy (non-hydrogen) atoms. The zero-order chi connectivity index (χ0) is 96.5. The normalized spacial score (nSPS) is 11.9. The standard InChI is InChI=1S/C17H15BrF4N2O2.C17H15ClF4N2O2.C16H14ClF3N2O2.C15H15IN2O.C14H11Cl2IN2.C14H12ClIN2/c18-13-3-6-15(25-8-7-19)12(9-13)10-24-16(23)11-1-4-14(5-2-11)26-17(20,21)22;18-13-7-11(8-15(9-13)25-6-5-19)10-24-16(23)12-1-3-14(4-2-12)26-17(20,21)22;1-23-14-7-10(6-12(17)8-14)9-22-15(21)11-2-4-13(5-3-11)24-16(18,19)20;1-19-14-5-3-2-4-12(14)10-18-15(17)11-6-8-13(16)9-7-11;15-11-5-9(6-12(16)7-11)8-19-14(18)10-1-3-13(17)4-2-10;15-12-3-1-2-10(8-12)9-18-14(17)11-4-6-13(16)7-5-11/h1-6,9H,7-8,10H2,(H2,23,24);1-4,7-9H,5-6,10H2,(H2,23,24);2-8H,9H2,1H3,(H2,21,22);2-9H,10H2,1H3,(H2,17,18);1-7H,8H2,(H2,18,19);1-8H,9H2,(H2,17,18). The first-order chi connectivity index (χ1) is 62.7. The van der Waals surface area contributed by atoms with Crippen LogP contribution in [0.15, 0.2) is 301 Å². The molecule has 0 aliphatic rings. The molecular weight excluding hydrogens is 2240 g/mol. The van der Waals surface area contributed by atoms with Crippen molar-refractivity contribution in [3.05, 3.63) is 374 Å². The third kappa shape index (κ3) is 41.7. The largest absolute Gasteiger partial charge is 0.573 e. The fourth-order valence-electron chi connectivity index (χ4n) is 10.9. The van der Waals surface area contributed by atoms with Crippen LogP contribution >= 0.6 is 142 Å². The molecule has 0 spiro atoms. The van der Waals surface area contributed by atoms with Crippen LogP contribution in [-0.2, 0) is 39.3 Å². The number of aliphatic imine (C=N–C) groups is 6. The van der Waals surface area contributed by atoms with Crippen molar-refractivity contribution in [1.82, 2.24) is 0 Å². The van der Waals surface area contributed by atoms with Crippen LogP contribution in [0.1, 0.15) is 66.8 Å². The number of nitrogens with zero attached hydrogens (tertiary/aromatic N) is 6. The Hall–Kier alpha value is -10.6. The summed E-state index contributed by atoms with van der Waals surface area (Å²) in [5.74, 6) is 3.37. The highest BCUT2D eigenvalue weighted by Gasteiger charge is 2.33. The van der Waals surface area contributed by atoms with Crippen LogP contribution in [0, 0.1) is 10.7 Å². The molecule has 0 unspecified atom stereocenters. The van der Waals surface area contributed by atoms with E-state index in [1.165, 1.54) is 62.8 Å². The lowest BCUT2D eigenvalue weighted by atomic mass is 10.2. The predicted octanol–water partition coefficient (Wildman–Crippen LogP) is 24.8. The summed E-state index contributed by atoms with van der Waals surface area (Å²) in [6, 6.07) is 75.1. The molecule has 0 atom stereocenters. The highest BCUT2D eigenvalue weighted by molar-refractivity contribution is 14.1. The average molecular weight is 2330 g/mol. The molecule has 0 fully saturated rings. The van der Waals surface area contributed by atoms with E-state index in [-0.39, 0.29) is 67.6 Å². The molecular formula is C93H82BrCl5F11I3N12O7. The lowest BCUT2D eigenvalue weighted by molar-refractivity contribution is -0.275. The van der Waals surface area contributed by atoms with Gasteiger partial charge >= 0.3 is 19.1 Å². The fourth-order valence-corrected chi connectivity index (χ4v) is 13.6. The summed E-state index contributed by atoms with van der Waals surface area (Å²) in [5, 5.41) is 2.83. The van der Waals surface area contributed by atoms with Gasteiger partial charge in [0.05, 0.1) is 53.5 Å². The Morgan fingerprint density at radius 1 is 0.303 bits per heavy atom. The molecule has 0 saturated carbocycles. The summed E-state index contributed by atoms with van der Waals surface area (Å²) < 4.78 is 170. The van der Waals surface area contributed by atoms with Crippen LogP contribution in [0.2, 0.25) is 25.1 Å². The van der Waals surface area contributed by atoms with Gasteiger partial charge in [0.2, 0.25) is 0 Å². The van der Waals surface area contributed by atoms with Gasteiger partial charge in [0.15, 0.2) is 0 Å². The number of halogens is 20. The van der Waals surface area contributed by atoms with E-state index in [1.807, 2.05) is 133 Å². The molecule has 0 aliphatic carbocycles. The second-order valence-electron chi connectivity index (χ2n) is 26.8. The van der Waals surface area contributed by atoms with Crippen molar-refractivity contribution < 1.29 is 81.5 Å². The first-order valence-electron chi connectivity index (χ1n) is 38.5. The highest BCUT2D eigenvalue weighted by Crippen LogP contribution is 2.31. The Labute approximate surface area is 828 Å². The van der Waals surface area contributed by atoms with Gasteiger partial charge in [-0.2, -0.15) is 0 Å². The minimum absolute atomic E-state index is 0.0749. The van der Waals surface area contributed by atoms with Crippen LogP contribution in [0.5, 0.6) is 40.2 Å².